The number of allylic oxidation sites excluding steroid dienone is 1. The monoisotopic (exact) mass is 702 g/mol. The fourth-order valence-corrected chi connectivity index (χ4v) is 8.33. The first kappa shape index (κ1) is 33.8. The van der Waals surface area contributed by atoms with E-state index in [-0.39, 0.29) is 31.3 Å². The molecule has 3 heterocycles. The Morgan fingerprint density at radius 1 is 1.08 bits per heavy atom. The van der Waals surface area contributed by atoms with Crippen molar-refractivity contribution in [2.45, 2.75) is 74.8 Å². The highest BCUT2D eigenvalue weighted by Gasteiger charge is 2.62. The molecule has 2 N–H and O–H groups in total. The average Bonchev–Trinajstić information content (AvgIpc) is 4.03. The van der Waals surface area contributed by atoms with E-state index in [1.165, 1.54) is 4.90 Å². The Morgan fingerprint density at radius 2 is 1.86 bits per heavy atom. The summed E-state index contributed by atoms with van der Waals surface area (Å²) in [7, 11) is -0.529. The van der Waals surface area contributed by atoms with Crippen molar-refractivity contribution in [3.63, 3.8) is 0 Å². The molecular weight excluding hydrogens is 660 g/mol. The quantitative estimate of drug-likeness (QED) is 0.350. The number of aryl methyl sites for hydroxylation is 1. The lowest BCUT2D eigenvalue weighted by atomic mass is 10.1. The van der Waals surface area contributed by atoms with Crippen molar-refractivity contribution in [2.75, 3.05) is 27.2 Å². The van der Waals surface area contributed by atoms with Crippen LogP contribution in [0.25, 0.3) is 22.3 Å². The van der Waals surface area contributed by atoms with Gasteiger partial charge in [0, 0.05) is 37.1 Å². The molecule has 1 aromatic heterocycles. The average molecular weight is 703 g/mol. The summed E-state index contributed by atoms with van der Waals surface area (Å²) in [6.45, 7) is 2.52. The van der Waals surface area contributed by atoms with E-state index in [0.717, 1.165) is 30.4 Å². The number of carbonyl (C=O) groups excluding carboxylic acids is 3. The largest absolute Gasteiger partial charge is 0.496 e. The lowest BCUT2D eigenvalue weighted by Crippen LogP contribution is -2.57. The van der Waals surface area contributed by atoms with Crippen LogP contribution in [0, 0.1) is 12.8 Å². The molecule has 2 aromatic carbocycles. The van der Waals surface area contributed by atoms with Crippen LogP contribution in [0.5, 0.6) is 11.6 Å². The summed E-state index contributed by atoms with van der Waals surface area (Å²) in [6.07, 6.45) is 6.94. The van der Waals surface area contributed by atoms with Crippen molar-refractivity contribution >= 4 is 38.8 Å². The summed E-state index contributed by atoms with van der Waals surface area (Å²) in [5, 5.41) is 2.97. The molecule has 2 aliphatic carbocycles. The van der Waals surface area contributed by atoms with Gasteiger partial charge in [0.25, 0.3) is 5.91 Å². The minimum Gasteiger partial charge on any atom is -0.496 e. The van der Waals surface area contributed by atoms with Gasteiger partial charge in [0.2, 0.25) is 21.8 Å². The van der Waals surface area contributed by atoms with E-state index < -0.39 is 44.8 Å². The molecule has 4 amide bonds. The Kier molecular flexibility index (Phi) is 8.91. The molecule has 3 aromatic rings. The third-order valence-corrected chi connectivity index (χ3v) is 12.0. The second kappa shape index (κ2) is 13.2. The summed E-state index contributed by atoms with van der Waals surface area (Å²) in [6, 6.07) is 11.9. The van der Waals surface area contributed by atoms with Gasteiger partial charge in [-0.05, 0) is 57.6 Å². The molecule has 13 nitrogen and oxygen atoms in total. The number of carbonyl (C=O) groups is 3. The number of amides is 4. The third kappa shape index (κ3) is 6.48. The van der Waals surface area contributed by atoms with Gasteiger partial charge in [0.15, 0.2) is 5.82 Å². The van der Waals surface area contributed by atoms with E-state index in [2.05, 4.69) is 10.0 Å². The predicted molar refractivity (Wildman–Crippen MR) is 186 cm³/mol. The summed E-state index contributed by atoms with van der Waals surface area (Å²) in [5.74, 6) is -0.218. The maximum absolute atomic E-state index is 14.2. The van der Waals surface area contributed by atoms with E-state index in [9.17, 15) is 22.8 Å². The zero-order valence-corrected chi connectivity index (χ0v) is 29.2. The highest BCUT2D eigenvalue weighted by Crippen LogP contribution is 2.46. The Morgan fingerprint density at radius 3 is 2.60 bits per heavy atom. The van der Waals surface area contributed by atoms with Crippen LogP contribution < -0.4 is 19.5 Å². The number of hydrogen-bond donors (Lipinski definition) is 2. The van der Waals surface area contributed by atoms with Gasteiger partial charge in [-0.25, -0.2) is 18.2 Å². The first-order valence-corrected chi connectivity index (χ1v) is 18.7. The number of benzene rings is 2. The van der Waals surface area contributed by atoms with Gasteiger partial charge in [-0.2, -0.15) is 4.98 Å². The number of methoxy groups -OCH3 is 1. The second-order valence-electron chi connectivity index (χ2n) is 13.7. The number of ether oxygens (including phenoxy) is 2. The van der Waals surface area contributed by atoms with Gasteiger partial charge >= 0.3 is 6.03 Å². The van der Waals surface area contributed by atoms with Crippen LogP contribution in [0.15, 0.2) is 54.6 Å². The number of aromatic nitrogens is 2. The molecule has 0 bridgehead atoms. The summed E-state index contributed by atoms with van der Waals surface area (Å²) >= 11 is 0. The van der Waals surface area contributed by atoms with Crippen LogP contribution in [0.2, 0.25) is 0 Å². The van der Waals surface area contributed by atoms with Crippen molar-refractivity contribution in [3.8, 4) is 23.0 Å². The van der Waals surface area contributed by atoms with E-state index in [4.69, 9.17) is 19.4 Å². The highest BCUT2D eigenvalue weighted by atomic mass is 32.2. The molecule has 50 heavy (non-hydrogen) atoms. The summed E-state index contributed by atoms with van der Waals surface area (Å²) in [5.41, 5.74) is 0.833. The van der Waals surface area contributed by atoms with Crippen molar-refractivity contribution in [1.29, 1.82) is 0 Å². The zero-order chi connectivity index (χ0) is 35.2. The Bertz CT molecular complexity index is 1970. The van der Waals surface area contributed by atoms with Crippen molar-refractivity contribution in [3.05, 3.63) is 60.2 Å². The molecule has 14 heteroatoms. The van der Waals surface area contributed by atoms with Crippen molar-refractivity contribution in [2.24, 2.45) is 5.92 Å². The van der Waals surface area contributed by atoms with Gasteiger partial charge in [0.05, 0.1) is 29.8 Å². The van der Waals surface area contributed by atoms with Gasteiger partial charge in [-0.15, -0.1) is 0 Å². The third-order valence-electron chi connectivity index (χ3n) is 10.2. The topological polar surface area (TPSA) is 160 Å². The maximum Gasteiger partial charge on any atom is 0.320 e. The van der Waals surface area contributed by atoms with Gasteiger partial charge in [0.1, 0.15) is 23.4 Å². The standard InChI is InChI=1S/C36H42N6O7S/c1-22-29(48-3)17-16-27-30(22)37-31(23-11-7-6-8-12-23)38-33(27)49-25-19-28-32(43)39-36(34(44)40-50(46,47)26-14-15-26)20-24(36)13-9-4-5-10-18-41(2)35(45)42(28)21-25/h6-9,11-13,16-17,24-26,28H,4-5,10,14-15,18-21H2,1-3H3,(H,39,43)(H,40,44)/b13-9-/t24-,25+,28-,36+/m0/s1. The summed E-state index contributed by atoms with van der Waals surface area (Å²) < 4.78 is 39.9. The van der Waals surface area contributed by atoms with Gasteiger partial charge in [-0.1, -0.05) is 42.5 Å². The van der Waals surface area contributed by atoms with Crippen molar-refractivity contribution < 1.29 is 32.3 Å². The van der Waals surface area contributed by atoms with Gasteiger partial charge in [-0.3, -0.25) is 14.3 Å². The predicted octanol–water partition coefficient (Wildman–Crippen LogP) is 3.71. The van der Waals surface area contributed by atoms with Crippen LogP contribution >= 0.6 is 0 Å². The Balaban J connectivity index is 1.21. The Hall–Kier alpha value is -4.72. The smallest absolute Gasteiger partial charge is 0.320 e. The fourth-order valence-electron chi connectivity index (χ4n) is 6.97. The maximum atomic E-state index is 14.2. The molecule has 0 unspecified atom stereocenters. The molecule has 0 spiro atoms. The molecule has 2 aliphatic heterocycles. The number of hydrogen-bond acceptors (Lipinski definition) is 9. The molecule has 264 valence electrons. The molecule has 2 saturated carbocycles. The second-order valence-corrected chi connectivity index (χ2v) is 15.7. The SMILES string of the molecule is COc1ccc2c(O[C@@H]3C[C@H]4C(=O)N[C@]5(C(=O)NS(=O)(=O)C6CC6)C[C@@H]5/C=C\CCCCN(C)C(=O)N4C3)nc(-c3ccccc3)nc2c1C. The number of urea groups is 1. The van der Waals surface area contributed by atoms with Gasteiger partial charge < -0.3 is 24.6 Å². The minimum atomic E-state index is -3.84. The fraction of sp³-hybridized carbons (Fsp3) is 0.472. The normalized spacial score (nSPS) is 26.3. The molecule has 1 saturated heterocycles. The first-order chi connectivity index (χ1) is 24.0. The van der Waals surface area contributed by atoms with Crippen LogP contribution in [0.4, 0.5) is 4.79 Å². The van der Waals surface area contributed by atoms with Crippen LogP contribution in [-0.2, 0) is 19.6 Å². The van der Waals surface area contributed by atoms with Crippen LogP contribution in [0.3, 0.4) is 0 Å². The lowest BCUT2D eigenvalue weighted by molar-refractivity contribution is -0.131. The van der Waals surface area contributed by atoms with Crippen LogP contribution in [-0.4, -0.2) is 96.2 Å². The molecule has 3 fully saturated rings. The molecule has 7 rings (SSSR count). The highest BCUT2D eigenvalue weighted by molar-refractivity contribution is 7.91. The minimum absolute atomic E-state index is 0.0984. The number of nitrogens with zero attached hydrogens (tertiary/aromatic N) is 4. The number of fused-ring (bicyclic) bond motifs is 3. The first-order valence-electron chi connectivity index (χ1n) is 17.1. The number of sulfonamides is 1. The molecular formula is C36H42N6O7S. The summed E-state index contributed by atoms with van der Waals surface area (Å²) in [4.78, 5) is 54.4. The lowest BCUT2D eigenvalue weighted by Gasteiger charge is -2.30. The zero-order valence-electron chi connectivity index (χ0n) is 28.4. The Labute approximate surface area is 291 Å². The van der Waals surface area contributed by atoms with Crippen molar-refractivity contribution in [1.82, 2.24) is 29.8 Å². The van der Waals surface area contributed by atoms with E-state index >= 15 is 0 Å². The van der Waals surface area contributed by atoms with E-state index in [1.54, 1.807) is 19.1 Å². The molecule has 4 aliphatic rings. The van der Waals surface area contributed by atoms with E-state index in [0.29, 0.717) is 47.7 Å². The molecule has 4 atom stereocenters. The van der Waals surface area contributed by atoms with E-state index in [1.807, 2.05) is 61.5 Å². The number of nitrogens with one attached hydrogen (secondary N) is 2. The van der Waals surface area contributed by atoms with Crippen LogP contribution in [0.1, 0.15) is 50.5 Å². The molecule has 0 radical (unpaired) electrons. The number of rotatable bonds is 7.